The Morgan fingerprint density at radius 3 is 2.78 bits per heavy atom. The molecule has 1 N–H and O–H groups in total. The molecule has 1 amide bonds. The van der Waals surface area contributed by atoms with Gasteiger partial charge >= 0.3 is 0 Å². The summed E-state index contributed by atoms with van der Waals surface area (Å²) in [5.74, 6) is 0.294. The quantitative estimate of drug-likeness (QED) is 0.851. The molecule has 2 unspecified atom stereocenters. The molecule has 106 valence electrons. The van der Waals surface area contributed by atoms with E-state index in [0.29, 0.717) is 30.6 Å². The summed E-state index contributed by atoms with van der Waals surface area (Å²) in [5.41, 5.74) is 0. The zero-order valence-corrected chi connectivity index (χ0v) is 12.2. The van der Waals surface area contributed by atoms with Crippen LogP contribution in [0.25, 0.3) is 0 Å². The highest BCUT2D eigenvalue weighted by Gasteiger charge is 2.26. The van der Waals surface area contributed by atoms with Gasteiger partial charge in [-0.25, -0.2) is 0 Å². The first-order valence-corrected chi connectivity index (χ1v) is 6.82. The lowest BCUT2D eigenvalue weighted by atomic mass is 10.1. The molecule has 0 aliphatic carbocycles. The van der Waals surface area contributed by atoms with Crippen molar-refractivity contribution in [2.24, 2.45) is 0 Å². The average molecular weight is 277 g/mol. The van der Waals surface area contributed by atoms with Gasteiger partial charge in [-0.3, -0.25) is 4.79 Å². The van der Waals surface area contributed by atoms with Crippen molar-refractivity contribution in [1.29, 1.82) is 0 Å². The van der Waals surface area contributed by atoms with Crippen LogP contribution in [-0.4, -0.2) is 48.7 Å². The maximum Gasteiger partial charge on any atom is 0.222 e. The number of nitrogens with one attached hydrogen (secondary N) is 1. The first-order valence-electron chi connectivity index (χ1n) is 6.82. The Labute approximate surface area is 116 Å². The Balaban J connectivity index is 0.00000162. The minimum absolute atomic E-state index is 0. The largest absolute Gasteiger partial charge is 0.375 e. The van der Waals surface area contributed by atoms with Crippen LogP contribution in [0.1, 0.15) is 39.5 Å². The second kappa shape index (κ2) is 7.31. The maximum atomic E-state index is 12.1. The summed E-state index contributed by atoms with van der Waals surface area (Å²) in [4.78, 5) is 14.1. The lowest BCUT2D eigenvalue weighted by Crippen LogP contribution is -2.52. The van der Waals surface area contributed by atoms with Crippen LogP contribution < -0.4 is 5.32 Å². The Hall–Kier alpha value is -0.320. The van der Waals surface area contributed by atoms with E-state index in [0.717, 1.165) is 38.9 Å². The van der Waals surface area contributed by atoms with E-state index in [4.69, 9.17) is 4.74 Å². The Kier molecular flexibility index (Phi) is 6.39. The summed E-state index contributed by atoms with van der Waals surface area (Å²) in [6, 6.07) is 0.333. The average Bonchev–Trinajstić information content (AvgIpc) is 2.73. The van der Waals surface area contributed by atoms with Crippen molar-refractivity contribution < 1.29 is 9.53 Å². The van der Waals surface area contributed by atoms with Gasteiger partial charge < -0.3 is 15.0 Å². The smallest absolute Gasteiger partial charge is 0.222 e. The number of carbonyl (C=O) groups is 1. The van der Waals surface area contributed by atoms with Crippen LogP contribution in [-0.2, 0) is 9.53 Å². The van der Waals surface area contributed by atoms with E-state index in [1.807, 2.05) is 4.90 Å². The lowest BCUT2D eigenvalue weighted by Gasteiger charge is -2.34. The molecule has 4 nitrogen and oxygen atoms in total. The number of nitrogens with zero attached hydrogens (tertiary/aromatic N) is 1. The summed E-state index contributed by atoms with van der Waals surface area (Å²) in [6.07, 6.45) is 4.48. The fourth-order valence-electron chi connectivity index (χ4n) is 2.74. The fourth-order valence-corrected chi connectivity index (χ4v) is 2.74. The molecule has 0 aromatic rings. The van der Waals surface area contributed by atoms with Crippen LogP contribution in [0, 0.1) is 0 Å². The van der Waals surface area contributed by atoms with Gasteiger partial charge in [0.05, 0.1) is 12.2 Å². The Morgan fingerprint density at radius 1 is 1.39 bits per heavy atom. The van der Waals surface area contributed by atoms with Crippen molar-refractivity contribution >= 4 is 18.3 Å². The van der Waals surface area contributed by atoms with Gasteiger partial charge in [0.15, 0.2) is 0 Å². The Bertz CT molecular complexity index is 276. The number of piperazine rings is 1. The molecule has 3 atom stereocenters. The fraction of sp³-hybridized carbons (Fsp3) is 0.923. The number of ether oxygens (including phenoxy) is 1. The maximum absolute atomic E-state index is 12.1. The first-order chi connectivity index (χ1) is 8.16. The second-order valence-corrected chi connectivity index (χ2v) is 5.33. The molecule has 0 bridgehead atoms. The topological polar surface area (TPSA) is 41.6 Å². The summed E-state index contributed by atoms with van der Waals surface area (Å²) in [6.45, 7) is 6.91. The zero-order chi connectivity index (χ0) is 12.3. The number of amides is 1. The molecule has 0 saturated carbocycles. The van der Waals surface area contributed by atoms with E-state index >= 15 is 0 Å². The van der Waals surface area contributed by atoms with Crippen molar-refractivity contribution in [3.05, 3.63) is 0 Å². The van der Waals surface area contributed by atoms with E-state index in [2.05, 4.69) is 19.2 Å². The van der Waals surface area contributed by atoms with E-state index in [1.54, 1.807) is 0 Å². The van der Waals surface area contributed by atoms with Crippen LogP contribution >= 0.6 is 12.4 Å². The minimum atomic E-state index is 0. The van der Waals surface area contributed by atoms with Crippen molar-refractivity contribution in [2.75, 3.05) is 19.6 Å². The molecule has 0 aromatic heterocycles. The van der Waals surface area contributed by atoms with Gasteiger partial charge in [0.2, 0.25) is 5.91 Å². The van der Waals surface area contributed by atoms with Crippen molar-refractivity contribution in [3.63, 3.8) is 0 Å². The third-order valence-electron chi connectivity index (χ3n) is 3.82. The van der Waals surface area contributed by atoms with Gasteiger partial charge in [-0.1, -0.05) is 0 Å². The van der Waals surface area contributed by atoms with Crippen LogP contribution in [0.2, 0.25) is 0 Å². The SMILES string of the molecule is CC1CCC(CCC(=O)N2CCNC[C@H]2C)O1.Cl. The Morgan fingerprint density at radius 2 is 2.17 bits per heavy atom. The number of carbonyl (C=O) groups excluding carboxylic acids is 1. The third kappa shape index (κ3) is 4.11. The van der Waals surface area contributed by atoms with Crippen molar-refractivity contribution in [2.45, 2.75) is 57.8 Å². The van der Waals surface area contributed by atoms with E-state index in [-0.39, 0.29) is 12.4 Å². The molecule has 2 fully saturated rings. The lowest BCUT2D eigenvalue weighted by molar-refractivity contribution is -0.134. The zero-order valence-electron chi connectivity index (χ0n) is 11.4. The van der Waals surface area contributed by atoms with Gasteiger partial charge in [0.1, 0.15) is 0 Å². The van der Waals surface area contributed by atoms with Crippen LogP contribution in [0.3, 0.4) is 0 Å². The summed E-state index contributed by atoms with van der Waals surface area (Å²) >= 11 is 0. The molecule has 0 aromatic carbocycles. The summed E-state index contributed by atoms with van der Waals surface area (Å²) in [7, 11) is 0. The van der Waals surface area contributed by atoms with E-state index in [9.17, 15) is 4.79 Å². The van der Waals surface area contributed by atoms with E-state index < -0.39 is 0 Å². The molecular formula is C13H25ClN2O2. The molecule has 0 radical (unpaired) electrons. The van der Waals surface area contributed by atoms with Gasteiger partial charge in [0.25, 0.3) is 0 Å². The third-order valence-corrected chi connectivity index (χ3v) is 3.82. The number of rotatable bonds is 3. The normalized spacial score (nSPS) is 32.1. The van der Waals surface area contributed by atoms with Crippen LogP contribution in [0.4, 0.5) is 0 Å². The summed E-state index contributed by atoms with van der Waals surface area (Å²) in [5, 5.41) is 3.30. The molecule has 2 aliphatic rings. The molecule has 0 spiro atoms. The van der Waals surface area contributed by atoms with Crippen LogP contribution in [0.5, 0.6) is 0 Å². The van der Waals surface area contributed by atoms with Gasteiger partial charge in [-0.2, -0.15) is 0 Å². The van der Waals surface area contributed by atoms with Crippen molar-refractivity contribution in [3.8, 4) is 0 Å². The highest BCUT2D eigenvalue weighted by Crippen LogP contribution is 2.23. The van der Waals surface area contributed by atoms with Gasteiger partial charge in [-0.15, -0.1) is 12.4 Å². The molecule has 18 heavy (non-hydrogen) atoms. The molecular weight excluding hydrogens is 252 g/mol. The highest BCUT2D eigenvalue weighted by atomic mass is 35.5. The number of halogens is 1. The molecule has 2 rings (SSSR count). The monoisotopic (exact) mass is 276 g/mol. The summed E-state index contributed by atoms with van der Waals surface area (Å²) < 4.78 is 5.74. The standard InChI is InChI=1S/C13H24N2O2.ClH/c1-10-9-14-7-8-15(10)13(16)6-5-12-4-3-11(2)17-12;/h10-12,14H,3-9H2,1-2H3;1H/t10-,11?,12?;/m1./s1. The number of hydrogen-bond acceptors (Lipinski definition) is 3. The second-order valence-electron chi connectivity index (χ2n) is 5.33. The number of hydrogen-bond donors (Lipinski definition) is 1. The van der Waals surface area contributed by atoms with Gasteiger partial charge in [-0.05, 0) is 33.1 Å². The predicted molar refractivity (Wildman–Crippen MR) is 74.1 cm³/mol. The predicted octanol–water partition coefficient (Wildman–Crippen LogP) is 1.58. The first kappa shape index (κ1) is 15.7. The molecule has 2 aliphatic heterocycles. The van der Waals surface area contributed by atoms with Crippen LogP contribution in [0.15, 0.2) is 0 Å². The minimum Gasteiger partial charge on any atom is -0.375 e. The molecule has 2 saturated heterocycles. The van der Waals surface area contributed by atoms with Crippen molar-refractivity contribution in [1.82, 2.24) is 10.2 Å². The van der Waals surface area contributed by atoms with E-state index in [1.165, 1.54) is 0 Å². The molecule has 5 heteroatoms. The van der Waals surface area contributed by atoms with Gasteiger partial charge in [0, 0.05) is 32.1 Å². The molecule has 2 heterocycles. The highest BCUT2D eigenvalue weighted by molar-refractivity contribution is 5.85.